The van der Waals surface area contributed by atoms with E-state index in [9.17, 15) is 9.59 Å². The Labute approximate surface area is 156 Å². The van der Waals surface area contributed by atoms with Crippen molar-refractivity contribution in [3.8, 4) is 0 Å². The van der Waals surface area contributed by atoms with Crippen molar-refractivity contribution in [3.63, 3.8) is 0 Å². The zero-order valence-electron chi connectivity index (χ0n) is 14.6. The van der Waals surface area contributed by atoms with Gasteiger partial charge < -0.3 is 15.0 Å². The number of halogens is 1. The van der Waals surface area contributed by atoms with Gasteiger partial charge in [-0.05, 0) is 42.7 Å². The van der Waals surface area contributed by atoms with Gasteiger partial charge in [-0.25, -0.2) is 0 Å². The number of carbonyl (C=O) groups is 2. The Morgan fingerprint density at radius 1 is 1.19 bits per heavy atom. The number of hydrogen-bond donors (Lipinski definition) is 2. The fourth-order valence-corrected chi connectivity index (χ4v) is 3.25. The van der Waals surface area contributed by atoms with Crippen LogP contribution in [-0.2, 0) is 20.7 Å². The molecule has 2 aromatic carbocycles. The third-order valence-corrected chi connectivity index (χ3v) is 4.37. The molecule has 0 bridgehead atoms. The van der Waals surface area contributed by atoms with Gasteiger partial charge in [-0.3, -0.25) is 9.59 Å². The highest BCUT2D eigenvalue weighted by atomic mass is 35.5. The van der Waals surface area contributed by atoms with Crippen molar-refractivity contribution >= 4 is 40.1 Å². The SMILES string of the molecule is Cc1cc(C)c(NC(=O)COC(=O)Cc2c[nH]c3ccccc23)c(Cl)c1. The molecule has 0 saturated heterocycles. The molecular weight excluding hydrogens is 352 g/mol. The van der Waals surface area contributed by atoms with Crippen LogP contribution in [0.4, 0.5) is 5.69 Å². The van der Waals surface area contributed by atoms with Crippen LogP contribution in [0, 0.1) is 13.8 Å². The lowest BCUT2D eigenvalue weighted by Gasteiger charge is -2.11. The molecule has 2 N–H and O–H groups in total. The highest BCUT2D eigenvalue weighted by molar-refractivity contribution is 6.34. The average molecular weight is 371 g/mol. The molecule has 0 atom stereocenters. The van der Waals surface area contributed by atoms with E-state index in [-0.39, 0.29) is 13.0 Å². The highest BCUT2D eigenvalue weighted by Crippen LogP contribution is 2.27. The van der Waals surface area contributed by atoms with E-state index in [2.05, 4.69) is 10.3 Å². The predicted octanol–water partition coefficient (Wildman–Crippen LogP) is 4.16. The van der Waals surface area contributed by atoms with Crippen molar-refractivity contribution in [1.82, 2.24) is 4.98 Å². The molecule has 3 rings (SSSR count). The molecule has 0 aliphatic heterocycles. The molecule has 0 aliphatic carbocycles. The summed E-state index contributed by atoms with van der Waals surface area (Å²) >= 11 is 6.17. The summed E-state index contributed by atoms with van der Waals surface area (Å²) in [6.45, 7) is 3.43. The van der Waals surface area contributed by atoms with Crippen molar-refractivity contribution in [1.29, 1.82) is 0 Å². The Hall–Kier alpha value is -2.79. The third-order valence-electron chi connectivity index (χ3n) is 4.07. The second-order valence-corrected chi connectivity index (χ2v) is 6.59. The second-order valence-electron chi connectivity index (χ2n) is 6.18. The van der Waals surface area contributed by atoms with Crippen LogP contribution in [-0.4, -0.2) is 23.5 Å². The number of carbonyl (C=O) groups excluding carboxylic acids is 2. The number of H-pyrrole nitrogens is 1. The van der Waals surface area contributed by atoms with Gasteiger partial charge in [0, 0.05) is 17.1 Å². The first-order chi connectivity index (χ1) is 12.4. The van der Waals surface area contributed by atoms with Crippen LogP contribution >= 0.6 is 11.6 Å². The zero-order valence-corrected chi connectivity index (χ0v) is 15.3. The first kappa shape index (κ1) is 18.0. The minimum absolute atomic E-state index is 0.0988. The van der Waals surface area contributed by atoms with Gasteiger partial charge in [0.05, 0.1) is 17.1 Å². The molecule has 0 aliphatic rings. The van der Waals surface area contributed by atoms with E-state index >= 15 is 0 Å². The topological polar surface area (TPSA) is 71.2 Å². The molecule has 6 heteroatoms. The van der Waals surface area contributed by atoms with E-state index in [1.54, 1.807) is 12.3 Å². The number of ether oxygens (including phenoxy) is 1. The minimum Gasteiger partial charge on any atom is -0.455 e. The quantitative estimate of drug-likeness (QED) is 0.662. The molecule has 26 heavy (non-hydrogen) atoms. The molecule has 134 valence electrons. The smallest absolute Gasteiger partial charge is 0.310 e. The Kier molecular flexibility index (Phi) is 5.28. The summed E-state index contributed by atoms with van der Waals surface area (Å²) in [5.41, 5.74) is 4.19. The normalized spacial score (nSPS) is 10.7. The summed E-state index contributed by atoms with van der Waals surface area (Å²) in [7, 11) is 0. The molecule has 1 heterocycles. The van der Waals surface area contributed by atoms with Crippen LogP contribution in [0.3, 0.4) is 0 Å². The summed E-state index contributed by atoms with van der Waals surface area (Å²) in [5, 5.41) is 4.12. The standard InChI is InChI=1S/C20H19ClN2O3/c1-12-7-13(2)20(16(21)8-12)23-18(24)11-26-19(25)9-14-10-22-17-6-4-3-5-15(14)17/h3-8,10,22H,9,11H2,1-2H3,(H,23,24). The van der Waals surface area contributed by atoms with E-state index < -0.39 is 11.9 Å². The first-order valence-electron chi connectivity index (χ1n) is 8.21. The number of aromatic amines is 1. The van der Waals surface area contributed by atoms with Crippen LogP contribution in [0.2, 0.25) is 5.02 Å². The number of hydrogen-bond acceptors (Lipinski definition) is 3. The summed E-state index contributed by atoms with van der Waals surface area (Å²) in [6.07, 6.45) is 1.88. The molecule has 0 radical (unpaired) electrons. The number of amides is 1. The van der Waals surface area contributed by atoms with E-state index in [0.717, 1.165) is 27.6 Å². The summed E-state index contributed by atoms with van der Waals surface area (Å²) in [6, 6.07) is 11.4. The summed E-state index contributed by atoms with van der Waals surface area (Å²) in [4.78, 5) is 27.2. The molecule has 3 aromatic rings. The van der Waals surface area contributed by atoms with Crippen molar-refractivity contribution in [2.45, 2.75) is 20.3 Å². The van der Waals surface area contributed by atoms with Crippen molar-refractivity contribution in [2.75, 3.05) is 11.9 Å². The maximum absolute atomic E-state index is 12.1. The highest BCUT2D eigenvalue weighted by Gasteiger charge is 2.14. The molecule has 0 fully saturated rings. The maximum atomic E-state index is 12.1. The van der Waals surface area contributed by atoms with Crippen LogP contribution in [0.5, 0.6) is 0 Å². The number of benzene rings is 2. The third kappa shape index (κ3) is 4.06. The van der Waals surface area contributed by atoms with Gasteiger partial charge >= 0.3 is 5.97 Å². The molecule has 0 saturated carbocycles. The van der Waals surface area contributed by atoms with E-state index in [1.807, 2.05) is 44.2 Å². The molecule has 1 aromatic heterocycles. The Balaban J connectivity index is 1.57. The Morgan fingerprint density at radius 2 is 1.96 bits per heavy atom. The van der Waals surface area contributed by atoms with Gasteiger partial charge in [-0.1, -0.05) is 35.9 Å². The summed E-state index contributed by atoms with van der Waals surface area (Å²) < 4.78 is 5.09. The van der Waals surface area contributed by atoms with Crippen LogP contribution < -0.4 is 5.32 Å². The van der Waals surface area contributed by atoms with E-state index in [4.69, 9.17) is 16.3 Å². The lowest BCUT2D eigenvalue weighted by atomic mass is 10.1. The average Bonchev–Trinajstić information content (AvgIpc) is 2.99. The largest absolute Gasteiger partial charge is 0.455 e. The number of rotatable bonds is 5. The Bertz CT molecular complexity index is 955. The number of aryl methyl sites for hydroxylation is 2. The van der Waals surface area contributed by atoms with Crippen molar-refractivity contribution in [2.24, 2.45) is 0 Å². The fourth-order valence-electron chi connectivity index (χ4n) is 2.88. The van der Waals surface area contributed by atoms with Gasteiger partial charge in [0.15, 0.2) is 6.61 Å². The van der Waals surface area contributed by atoms with Crippen LogP contribution in [0.25, 0.3) is 10.9 Å². The lowest BCUT2D eigenvalue weighted by molar-refractivity contribution is -0.146. The number of fused-ring (bicyclic) bond motifs is 1. The molecular formula is C20H19ClN2O3. The molecule has 1 amide bonds. The van der Waals surface area contributed by atoms with Gasteiger partial charge in [0.25, 0.3) is 5.91 Å². The van der Waals surface area contributed by atoms with E-state index in [1.165, 1.54) is 0 Å². The van der Waals surface area contributed by atoms with E-state index in [0.29, 0.717) is 10.7 Å². The van der Waals surface area contributed by atoms with Crippen molar-refractivity contribution in [3.05, 3.63) is 64.3 Å². The van der Waals surface area contributed by atoms with Crippen LogP contribution in [0.15, 0.2) is 42.6 Å². The predicted molar refractivity (Wildman–Crippen MR) is 103 cm³/mol. The van der Waals surface area contributed by atoms with Crippen molar-refractivity contribution < 1.29 is 14.3 Å². The van der Waals surface area contributed by atoms with Crippen LogP contribution in [0.1, 0.15) is 16.7 Å². The molecule has 0 unspecified atom stereocenters. The zero-order chi connectivity index (χ0) is 18.7. The number of esters is 1. The Morgan fingerprint density at radius 3 is 2.73 bits per heavy atom. The van der Waals surface area contributed by atoms with Gasteiger partial charge in [0.1, 0.15) is 0 Å². The first-order valence-corrected chi connectivity index (χ1v) is 8.59. The maximum Gasteiger partial charge on any atom is 0.310 e. The monoisotopic (exact) mass is 370 g/mol. The van der Waals surface area contributed by atoms with Gasteiger partial charge in [-0.15, -0.1) is 0 Å². The molecule has 0 spiro atoms. The number of aromatic nitrogens is 1. The number of para-hydroxylation sites is 1. The summed E-state index contributed by atoms with van der Waals surface area (Å²) in [5.74, 6) is -0.886. The molecule has 5 nitrogen and oxygen atoms in total. The number of anilines is 1. The lowest BCUT2D eigenvalue weighted by Crippen LogP contribution is -2.22. The minimum atomic E-state index is -0.461. The second kappa shape index (κ2) is 7.62. The van der Waals surface area contributed by atoms with Gasteiger partial charge in [0.2, 0.25) is 0 Å². The fraction of sp³-hybridized carbons (Fsp3) is 0.200. The van der Waals surface area contributed by atoms with Gasteiger partial charge in [-0.2, -0.15) is 0 Å². The number of nitrogens with one attached hydrogen (secondary N) is 2.